The van der Waals surface area contributed by atoms with E-state index in [1.807, 2.05) is 50.2 Å². The molecule has 1 saturated heterocycles. The molecule has 188 valence electrons. The van der Waals surface area contributed by atoms with Crippen molar-refractivity contribution in [3.63, 3.8) is 0 Å². The van der Waals surface area contributed by atoms with Crippen LogP contribution in [0.2, 0.25) is 0 Å². The van der Waals surface area contributed by atoms with E-state index in [4.69, 9.17) is 17.3 Å². The Morgan fingerprint density at radius 1 is 0.868 bits per heavy atom. The Labute approximate surface area is 224 Å². The van der Waals surface area contributed by atoms with Crippen LogP contribution in [0.15, 0.2) is 90.5 Å². The number of amides is 2. The van der Waals surface area contributed by atoms with Crippen LogP contribution in [0, 0.1) is 13.8 Å². The summed E-state index contributed by atoms with van der Waals surface area (Å²) in [4.78, 5) is 38.6. The van der Waals surface area contributed by atoms with Crippen LogP contribution in [0.3, 0.4) is 0 Å². The molecule has 0 bridgehead atoms. The largest absolute Gasteiger partial charge is 0.478 e. The number of carbonyl (C=O) groups excluding carboxylic acids is 2. The maximum Gasteiger partial charge on any atom is 0.335 e. The number of thiocarbonyl (C=S) groups is 1. The van der Waals surface area contributed by atoms with Gasteiger partial charge in [-0.15, -0.1) is 0 Å². The van der Waals surface area contributed by atoms with Gasteiger partial charge in [0, 0.05) is 17.1 Å². The molecule has 38 heavy (non-hydrogen) atoms. The molecule has 3 aromatic carbocycles. The van der Waals surface area contributed by atoms with E-state index in [1.165, 1.54) is 29.2 Å². The highest BCUT2D eigenvalue weighted by Crippen LogP contribution is 2.28. The van der Waals surface area contributed by atoms with Crippen LogP contribution in [-0.4, -0.2) is 32.6 Å². The van der Waals surface area contributed by atoms with Crippen molar-refractivity contribution in [3.05, 3.63) is 113 Å². The lowest BCUT2D eigenvalue weighted by Crippen LogP contribution is -2.54. The number of aryl methyl sites for hydroxylation is 1. The Bertz CT molecular complexity index is 1620. The molecule has 7 nitrogen and oxygen atoms in total. The van der Waals surface area contributed by atoms with Gasteiger partial charge in [-0.2, -0.15) is 0 Å². The Morgan fingerprint density at radius 2 is 1.47 bits per heavy atom. The fourth-order valence-electron chi connectivity index (χ4n) is 4.57. The van der Waals surface area contributed by atoms with Crippen LogP contribution in [-0.2, 0) is 9.59 Å². The number of carbonyl (C=O) groups is 3. The van der Waals surface area contributed by atoms with E-state index in [0.29, 0.717) is 5.69 Å². The molecular weight excluding hydrogens is 498 g/mol. The van der Waals surface area contributed by atoms with E-state index in [1.54, 1.807) is 6.08 Å². The number of aromatic carboxylic acids is 1. The molecule has 1 aliphatic rings. The fraction of sp³-hybridized carbons (Fsp3) is 0.0667. The summed E-state index contributed by atoms with van der Waals surface area (Å²) in [6.07, 6.45) is 1.56. The number of hydrogen-bond donors (Lipinski definition) is 2. The van der Waals surface area contributed by atoms with Gasteiger partial charge in [-0.1, -0.05) is 42.5 Å². The van der Waals surface area contributed by atoms with E-state index in [-0.39, 0.29) is 16.2 Å². The molecular formula is C30H23N3O4S. The molecule has 2 amide bonds. The smallest absolute Gasteiger partial charge is 0.335 e. The predicted octanol–water partition coefficient (Wildman–Crippen LogP) is 5.29. The minimum atomic E-state index is -1.08. The molecule has 5 rings (SSSR count). The normalized spacial score (nSPS) is 14.6. The summed E-state index contributed by atoms with van der Waals surface area (Å²) in [7, 11) is 0. The minimum absolute atomic E-state index is 0.0656. The van der Waals surface area contributed by atoms with Crippen LogP contribution in [0.4, 0.5) is 5.69 Å². The van der Waals surface area contributed by atoms with Crippen molar-refractivity contribution in [2.24, 2.45) is 0 Å². The summed E-state index contributed by atoms with van der Waals surface area (Å²) >= 11 is 5.25. The van der Waals surface area contributed by atoms with Gasteiger partial charge in [0.05, 0.1) is 11.3 Å². The topological polar surface area (TPSA) is 91.6 Å². The minimum Gasteiger partial charge on any atom is -0.478 e. The number of nitrogens with zero attached hydrogens (tertiary/aromatic N) is 2. The summed E-state index contributed by atoms with van der Waals surface area (Å²) in [5.74, 6) is -2.25. The maximum atomic E-state index is 13.4. The molecule has 1 aliphatic heterocycles. The van der Waals surface area contributed by atoms with Crippen molar-refractivity contribution in [2.45, 2.75) is 13.8 Å². The third kappa shape index (κ3) is 4.53. The zero-order valence-corrected chi connectivity index (χ0v) is 21.5. The SMILES string of the molecule is Cc1cc(/C=C2/C(=O)NC(=S)N(c3ccc(C(=O)O)cc3)C2=O)c(C)n1-c1ccc(-c2ccccc2)cc1. The lowest BCUT2D eigenvalue weighted by molar-refractivity contribution is -0.122. The average molecular weight is 522 g/mol. The summed E-state index contributed by atoms with van der Waals surface area (Å²) in [5, 5.41) is 11.7. The van der Waals surface area contributed by atoms with E-state index in [9.17, 15) is 14.4 Å². The van der Waals surface area contributed by atoms with Gasteiger partial charge >= 0.3 is 5.97 Å². The van der Waals surface area contributed by atoms with Crippen molar-refractivity contribution in [1.82, 2.24) is 9.88 Å². The molecule has 8 heteroatoms. The molecule has 2 N–H and O–H groups in total. The second-order valence-electron chi connectivity index (χ2n) is 8.88. The molecule has 1 aromatic heterocycles. The van der Waals surface area contributed by atoms with E-state index >= 15 is 0 Å². The van der Waals surface area contributed by atoms with Crippen molar-refractivity contribution < 1.29 is 19.5 Å². The number of rotatable bonds is 5. The number of anilines is 1. The first-order valence-electron chi connectivity index (χ1n) is 11.8. The molecule has 0 aliphatic carbocycles. The van der Waals surface area contributed by atoms with Gasteiger partial charge in [0.25, 0.3) is 11.8 Å². The van der Waals surface area contributed by atoms with Crippen molar-refractivity contribution in [2.75, 3.05) is 4.90 Å². The van der Waals surface area contributed by atoms with Gasteiger partial charge in [0.2, 0.25) is 0 Å². The van der Waals surface area contributed by atoms with Crippen LogP contribution < -0.4 is 10.2 Å². The monoisotopic (exact) mass is 521 g/mol. The van der Waals surface area contributed by atoms with E-state index in [0.717, 1.165) is 33.8 Å². The number of hydrogen-bond acceptors (Lipinski definition) is 4. The van der Waals surface area contributed by atoms with Crippen LogP contribution >= 0.6 is 12.2 Å². The summed E-state index contributed by atoms with van der Waals surface area (Å²) in [6, 6.07) is 26.0. The number of nitrogens with one attached hydrogen (secondary N) is 1. The highest BCUT2D eigenvalue weighted by atomic mass is 32.1. The van der Waals surface area contributed by atoms with Gasteiger partial charge in [-0.25, -0.2) is 4.79 Å². The highest BCUT2D eigenvalue weighted by Gasteiger charge is 2.34. The number of aromatic nitrogens is 1. The molecule has 0 radical (unpaired) electrons. The van der Waals surface area contributed by atoms with Gasteiger partial charge in [-0.05, 0) is 91.3 Å². The first-order valence-corrected chi connectivity index (χ1v) is 12.2. The van der Waals surface area contributed by atoms with Crippen molar-refractivity contribution >= 4 is 46.9 Å². The summed E-state index contributed by atoms with van der Waals surface area (Å²) < 4.78 is 2.07. The molecule has 2 heterocycles. The number of carboxylic acids is 1. The highest BCUT2D eigenvalue weighted by molar-refractivity contribution is 7.80. The Kier molecular flexibility index (Phi) is 6.48. The average Bonchev–Trinajstić information content (AvgIpc) is 3.19. The molecule has 0 spiro atoms. The molecule has 1 fully saturated rings. The molecule has 0 saturated carbocycles. The van der Waals surface area contributed by atoms with Gasteiger partial charge in [-0.3, -0.25) is 19.8 Å². The zero-order chi connectivity index (χ0) is 27.0. The van der Waals surface area contributed by atoms with Crippen molar-refractivity contribution in [1.29, 1.82) is 0 Å². The Hall–Kier alpha value is -4.82. The number of carboxylic acid groups (broad SMARTS) is 1. The third-order valence-corrected chi connectivity index (χ3v) is 6.76. The maximum absolute atomic E-state index is 13.4. The standard InChI is InChI=1S/C30H23N3O4S/c1-18-16-23(19(2)32(18)24-12-8-21(9-13-24)20-6-4-3-5-7-20)17-26-27(34)31-30(38)33(28(26)35)25-14-10-22(11-15-25)29(36)37/h3-17H,1-2H3,(H,36,37)(H,31,34,38)/b26-17-. The van der Waals surface area contributed by atoms with Gasteiger partial charge in [0.15, 0.2) is 5.11 Å². The second-order valence-corrected chi connectivity index (χ2v) is 9.27. The predicted molar refractivity (Wildman–Crippen MR) is 150 cm³/mol. The zero-order valence-electron chi connectivity index (χ0n) is 20.6. The number of benzene rings is 3. The van der Waals surface area contributed by atoms with Crippen LogP contribution in [0.25, 0.3) is 22.9 Å². The van der Waals surface area contributed by atoms with E-state index in [2.05, 4.69) is 34.1 Å². The second kappa shape index (κ2) is 9.91. The first kappa shape index (κ1) is 24.9. The first-order chi connectivity index (χ1) is 18.2. The third-order valence-electron chi connectivity index (χ3n) is 6.48. The fourth-order valence-corrected chi connectivity index (χ4v) is 4.85. The lowest BCUT2D eigenvalue weighted by Gasteiger charge is -2.29. The Morgan fingerprint density at radius 3 is 2.11 bits per heavy atom. The van der Waals surface area contributed by atoms with Crippen LogP contribution in [0.5, 0.6) is 0 Å². The van der Waals surface area contributed by atoms with Gasteiger partial charge < -0.3 is 9.67 Å². The summed E-state index contributed by atoms with van der Waals surface area (Å²) in [5.41, 5.74) is 6.11. The summed E-state index contributed by atoms with van der Waals surface area (Å²) in [6.45, 7) is 3.90. The quantitative estimate of drug-likeness (QED) is 0.212. The molecule has 0 unspecified atom stereocenters. The van der Waals surface area contributed by atoms with Gasteiger partial charge in [0.1, 0.15) is 5.57 Å². The van der Waals surface area contributed by atoms with Crippen LogP contribution in [0.1, 0.15) is 27.3 Å². The molecule has 0 atom stereocenters. The van der Waals surface area contributed by atoms with E-state index < -0.39 is 17.8 Å². The lowest BCUT2D eigenvalue weighted by atomic mass is 10.1. The molecule has 4 aromatic rings. The Balaban J connectivity index is 1.48. The van der Waals surface area contributed by atoms with Crippen molar-refractivity contribution in [3.8, 4) is 16.8 Å².